The van der Waals surface area contributed by atoms with Gasteiger partial charge in [-0.2, -0.15) is 11.8 Å². The highest BCUT2D eigenvalue weighted by Gasteiger charge is 2.31. The van der Waals surface area contributed by atoms with Crippen LogP contribution in [0.1, 0.15) is 46.0 Å². The molecule has 13 nitrogen and oxygen atoms in total. The number of carbonyl (C=O) groups is 6. The Kier molecular flexibility index (Phi) is 14.5. The van der Waals surface area contributed by atoms with Crippen molar-refractivity contribution in [3.05, 3.63) is 0 Å². The molecule has 0 aromatic heterocycles. The molecule has 0 aromatic rings. The number of primary amides is 2. The van der Waals surface area contributed by atoms with E-state index >= 15 is 0 Å². The molecule has 0 bridgehead atoms. The summed E-state index contributed by atoms with van der Waals surface area (Å²) in [7, 11) is 0. The van der Waals surface area contributed by atoms with Crippen molar-refractivity contribution in [2.75, 3.05) is 12.0 Å². The third-order valence-electron chi connectivity index (χ3n) is 4.64. The van der Waals surface area contributed by atoms with Gasteiger partial charge in [0, 0.05) is 6.42 Å². The lowest BCUT2D eigenvalue weighted by Gasteiger charge is -2.26. The minimum absolute atomic E-state index is 0.0516. The Morgan fingerprint density at radius 2 is 1.35 bits per heavy atom. The Balaban J connectivity index is 5.55. The number of amides is 5. The second-order valence-corrected chi connectivity index (χ2v) is 9.20. The summed E-state index contributed by atoms with van der Waals surface area (Å²) in [4.78, 5) is 71.7. The molecule has 0 aliphatic heterocycles. The zero-order valence-electron chi connectivity index (χ0n) is 19.7. The monoisotopic (exact) mass is 504 g/mol. The molecule has 0 heterocycles. The van der Waals surface area contributed by atoms with Crippen LogP contribution in [0, 0.1) is 5.92 Å². The Morgan fingerprint density at radius 3 is 1.82 bits per heavy atom. The molecule has 0 rings (SSSR count). The van der Waals surface area contributed by atoms with Gasteiger partial charge in [-0.15, -0.1) is 0 Å². The summed E-state index contributed by atoms with van der Waals surface area (Å²) in [5, 5.41) is 16.6. The standard InChI is InChI=1S/C20H36N6O7S/c1-10(2)8-14(26-17(29)11(21)9-16(23)28)19(31)24-12(4-5-15(22)27)18(30)25-13(20(32)33)6-7-34-3/h10-14H,4-9,21H2,1-3H3,(H2,22,27)(H2,23,28)(H,24,31)(H,25,30)(H,26,29)(H,32,33). The van der Waals surface area contributed by atoms with Crippen molar-refractivity contribution < 1.29 is 33.9 Å². The number of hydrogen-bond acceptors (Lipinski definition) is 8. The molecule has 5 amide bonds. The van der Waals surface area contributed by atoms with Crippen LogP contribution in [0.5, 0.6) is 0 Å². The third kappa shape index (κ3) is 13.0. The first-order valence-corrected chi connectivity index (χ1v) is 12.1. The van der Waals surface area contributed by atoms with Crippen LogP contribution in [0.3, 0.4) is 0 Å². The fourth-order valence-corrected chi connectivity index (χ4v) is 3.36. The molecule has 0 saturated heterocycles. The van der Waals surface area contributed by atoms with Gasteiger partial charge in [0.05, 0.1) is 12.5 Å². The zero-order chi connectivity index (χ0) is 26.4. The first-order chi connectivity index (χ1) is 15.8. The van der Waals surface area contributed by atoms with Gasteiger partial charge in [0.25, 0.3) is 0 Å². The van der Waals surface area contributed by atoms with Gasteiger partial charge in [0.15, 0.2) is 0 Å². The summed E-state index contributed by atoms with van der Waals surface area (Å²) >= 11 is 1.40. The van der Waals surface area contributed by atoms with Gasteiger partial charge in [-0.25, -0.2) is 4.79 Å². The minimum Gasteiger partial charge on any atom is -0.480 e. The predicted molar refractivity (Wildman–Crippen MR) is 126 cm³/mol. The highest BCUT2D eigenvalue weighted by Crippen LogP contribution is 2.08. The number of carboxylic acid groups (broad SMARTS) is 1. The van der Waals surface area contributed by atoms with Crippen molar-refractivity contribution in [2.24, 2.45) is 23.1 Å². The number of nitrogens with one attached hydrogen (secondary N) is 3. The van der Waals surface area contributed by atoms with Gasteiger partial charge in [-0.1, -0.05) is 13.8 Å². The largest absolute Gasteiger partial charge is 0.480 e. The molecule has 14 heteroatoms. The first-order valence-electron chi connectivity index (χ1n) is 10.7. The van der Waals surface area contributed by atoms with Gasteiger partial charge in [-0.3, -0.25) is 24.0 Å². The summed E-state index contributed by atoms with van der Waals surface area (Å²) in [5.41, 5.74) is 15.8. The highest BCUT2D eigenvalue weighted by atomic mass is 32.2. The van der Waals surface area contributed by atoms with E-state index in [2.05, 4.69) is 16.0 Å². The van der Waals surface area contributed by atoms with Gasteiger partial charge in [0.1, 0.15) is 18.1 Å². The van der Waals surface area contributed by atoms with E-state index in [0.717, 1.165) is 0 Å². The molecule has 0 aliphatic rings. The number of rotatable bonds is 17. The maximum atomic E-state index is 12.9. The van der Waals surface area contributed by atoms with E-state index in [1.165, 1.54) is 11.8 Å². The number of carbonyl (C=O) groups excluding carboxylic acids is 5. The molecule has 10 N–H and O–H groups in total. The van der Waals surface area contributed by atoms with Crippen molar-refractivity contribution in [2.45, 2.75) is 70.1 Å². The van der Waals surface area contributed by atoms with Crippen molar-refractivity contribution in [3.8, 4) is 0 Å². The van der Waals surface area contributed by atoms with E-state index in [1.807, 2.05) is 0 Å². The Bertz CT molecular complexity index is 749. The normalized spacial score (nSPS) is 14.4. The van der Waals surface area contributed by atoms with Crippen molar-refractivity contribution in [1.82, 2.24) is 16.0 Å². The molecule has 0 fully saturated rings. The van der Waals surface area contributed by atoms with Crippen LogP contribution in [0.4, 0.5) is 0 Å². The number of aliphatic carboxylic acids is 1. The molecule has 0 radical (unpaired) electrons. The number of hydrogen-bond donors (Lipinski definition) is 7. The van der Waals surface area contributed by atoms with Gasteiger partial charge in [-0.05, 0) is 37.2 Å². The second-order valence-electron chi connectivity index (χ2n) is 8.21. The van der Waals surface area contributed by atoms with Crippen molar-refractivity contribution in [3.63, 3.8) is 0 Å². The lowest BCUT2D eigenvalue weighted by molar-refractivity contribution is -0.142. The molecule has 0 saturated carbocycles. The lowest BCUT2D eigenvalue weighted by atomic mass is 10.0. The maximum Gasteiger partial charge on any atom is 0.326 e. The molecule has 194 valence electrons. The van der Waals surface area contributed by atoms with Crippen molar-refractivity contribution >= 4 is 47.3 Å². The van der Waals surface area contributed by atoms with E-state index in [9.17, 15) is 33.9 Å². The average molecular weight is 505 g/mol. The van der Waals surface area contributed by atoms with Crippen LogP contribution < -0.4 is 33.2 Å². The van der Waals surface area contributed by atoms with E-state index < -0.39 is 66.1 Å². The predicted octanol–water partition coefficient (Wildman–Crippen LogP) is -2.21. The molecular weight excluding hydrogens is 468 g/mol. The van der Waals surface area contributed by atoms with Gasteiger partial charge < -0.3 is 38.3 Å². The quantitative estimate of drug-likeness (QED) is 0.113. The molecule has 0 spiro atoms. The topological polar surface area (TPSA) is 237 Å². The summed E-state index contributed by atoms with van der Waals surface area (Å²) in [5.74, 6) is -4.64. The van der Waals surface area contributed by atoms with Crippen LogP contribution >= 0.6 is 11.8 Å². The average Bonchev–Trinajstić information content (AvgIpc) is 2.71. The van der Waals surface area contributed by atoms with Crippen LogP contribution in [-0.4, -0.2) is 76.8 Å². The maximum absolute atomic E-state index is 12.9. The summed E-state index contributed by atoms with van der Waals surface area (Å²) in [6.45, 7) is 3.60. The van der Waals surface area contributed by atoms with Crippen LogP contribution in [-0.2, 0) is 28.8 Å². The summed E-state index contributed by atoms with van der Waals surface area (Å²) in [6, 6.07) is -4.84. The summed E-state index contributed by atoms with van der Waals surface area (Å²) < 4.78 is 0. The number of nitrogens with two attached hydrogens (primary N) is 3. The van der Waals surface area contributed by atoms with E-state index in [0.29, 0.717) is 5.75 Å². The molecule has 34 heavy (non-hydrogen) atoms. The molecule has 0 aromatic carbocycles. The Hall–Kier alpha value is -2.87. The zero-order valence-corrected chi connectivity index (χ0v) is 20.5. The second kappa shape index (κ2) is 15.9. The number of thioether (sulfide) groups is 1. The lowest BCUT2D eigenvalue weighted by Crippen LogP contribution is -2.57. The van der Waals surface area contributed by atoms with Gasteiger partial charge in [0.2, 0.25) is 29.5 Å². The first kappa shape index (κ1) is 31.1. The number of carboxylic acids is 1. The fourth-order valence-electron chi connectivity index (χ4n) is 2.88. The molecule has 0 aliphatic carbocycles. The van der Waals surface area contributed by atoms with Crippen LogP contribution in [0.25, 0.3) is 0 Å². The highest BCUT2D eigenvalue weighted by molar-refractivity contribution is 7.98. The van der Waals surface area contributed by atoms with Gasteiger partial charge >= 0.3 is 5.97 Å². The van der Waals surface area contributed by atoms with Crippen LogP contribution in [0.2, 0.25) is 0 Å². The smallest absolute Gasteiger partial charge is 0.326 e. The summed E-state index contributed by atoms with van der Waals surface area (Å²) in [6.07, 6.45) is 1.28. The van der Waals surface area contributed by atoms with Crippen molar-refractivity contribution in [1.29, 1.82) is 0 Å². The Labute approximate surface area is 202 Å². The SMILES string of the molecule is CSCCC(NC(=O)C(CCC(N)=O)NC(=O)C(CC(C)C)NC(=O)C(N)CC(N)=O)C(=O)O. The van der Waals surface area contributed by atoms with E-state index in [1.54, 1.807) is 20.1 Å². The molecule has 4 atom stereocenters. The fraction of sp³-hybridized carbons (Fsp3) is 0.700. The molecule has 4 unspecified atom stereocenters. The minimum atomic E-state index is -1.28. The van der Waals surface area contributed by atoms with E-state index in [-0.39, 0.29) is 31.6 Å². The molecular formula is C20H36N6O7S. The Morgan fingerprint density at radius 1 is 0.824 bits per heavy atom. The van der Waals surface area contributed by atoms with E-state index in [4.69, 9.17) is 17.2 Å². The third-order valence-corrected chi connectivity index (χ3v) is 5.28. The van der Waals surface area contributed by atoms with Crippen LogP contribution in [0.15, 0.2) is 0 Å².